The molecule has 0 atom stereocenters. The lowest BCUT2D eigenvalue weighted by atomic mass is 10.1. The molecule has 122 valence electrons. The molecule has 0 saturated heterocycles. The van der Waals surface area contributed by atoms with Gasteiger partial charge in [0.25, 0.3) is 5.91 Å². The molecule has 0 radical (unpaired) electrons. The predicted octanol–water partition coefficient (Wildman–Crippen LogP) is 3.46. The third kappa shape index (κ3) is 3.34. The summed E-state index contributed by atoms with van der Waals surface area (Å²) >= 11 is 5.94. The highest BCUT2D eigenvalue weighted by Crippen LogP contribution is 2.16. The van der Waals surface area contributed by atoms with E-state index in [1.54, 1.807) is 25.1 Å². The minimum absolute atomic E-state index is 0.181. The van der Waals surface area contributed by atoms with Crippen LogP contribution < -0.4 is 10.7 Å². The Bertz CT molecular complexity index is 949. The molecule has 1 heterocycles. The Morgan fingerprint density at radius 2 is 1.92 bits per heavy atom. The molecular formula is C19H17ClN2O2. The van der Waals surface area contributed by atoms with E-state index in [9.17, 15) is 9.59 Å². The number of pyridine rings is 1. The molecule has 3 aromatic rings. The van der Waals surface area contributed by atoms with Gasteiger partial charge in [-0.3, -0.25) is 9.59 Å². The van der Waals surface area contributed by atoms with E-state index in [2.05, 4.69) is 10.3 Å². The maximum Gasteiger partial charge on any atom is 0.268 e. The number of H-pyrrole nitrogens is 1. The summed E-state index contributed by atoms with van der Waals surface area (Å²) in [6.45, 7) is 2.15. The van der Waals surface area contributed by atoms with Crippen LogP contribution in [-0.4, -0.2) is 17.4 Å². The minimum Gasteiger partial charge on any atom is -0.350 e. The monoisotopic (exact) mass is 340 g/mol. The van der Waals surface area contributed by atoms with Gasteiger partial charge in [-0.2, -0.15) is 0 Å². The molecule has 0 aliphatic carbocycles. The number of hydrogen-bond donors (Lipinski definition) is 2. The second kappa shape index (κ2) is 6.89. The van der Waals surface area contributed by atoms with E-state index in [-0.39, 0.29) is 11.3 Å². The second-order valence-electron chi connectivity index (χ2n) is 5.64. The highest BCUT2D eigenvalue weighted by molar-refractivity contribution is 6.31. The number of rotatable bonds is 4. The molecule has 0 unspecified atom stereocenters. The molecular weight excluding hydrogens is 324 g/mol. The first kappa shape index (κ1) is 16.3. The van der Waals surface area contributed by atoms with Crippen molar-refractivity contribution in [3.63, 3.8) is 0 Å². The summed E-state index contributed by atoms with van der Waals surface area (Å²) in [5, 5.41) is 3.84. The van der Waals surface area contributed by atoms with E-state index in [0.717, 1.165) is 12.0 Å². The summed E-state index contributed by atoms with van der Waals surface area (Å²) in [6, 6.07) is 14.9. The Kier molecular flexibility index (Phi) is 4.67. The highest BCUT2D eigenvalue weighted by atomic mass is 35.5. The zero-order valence-electron chi connectivity index (χ0n) is 13.2. The third-order valence-electron chi connectivity index (χ3n) is 3.97. The number of aromatic nitrogens is 1. The lowest BCUT2D eigenvalue weighted by molar-refractivity contribution is 0.0948. The molecule has 0 saturated carbocycles. The third-order valence-corrected chi connectivity index (χ3v) is 4.21. The lowest BCUT2D eigenvalue weighted by Crippen LogP contribution is -2.29. The molecule has 5 heteroatoms. The fraction of sp³-hybridized carbons (Fsp3) is 0.158. The van der Waals surface area contributed by atoms with Crippen molar-refractivity contribution in [1.82, 2.24) is 10.3 Å². The first-order valence-electron chi connectivity index (χ1n) is 7.70. The molecule has 24 heavy (non-hydrogen) atoms. The van der Waals surface area contributed by atoms with Gasteiger partial charge in [-0.25, -0.2) is 0 Å². The zero-order chi connectivity index (χ0) is 17.1. The Morgan fingerprint density at radius 3 is 2.67 bits per heavy atom. The van der Waals surface area contributed by atoms with E-state index in [4.69, 9.17) is 11.6 Å². The van der Waals surface area contributed by atoms with Crippen molar-refractivity contribution in [3.05, 3.63) is 80.6 Å². The van der Waals surface area contributed by atoms with Crippen LogP contribution in [0.15, 0.2) is 53.3 Å². The number of hydrogen-bond acceptors (Lipinski definition) is 2. The van der Waals surface area contributed by atoms with Gasteiger partial charge in [0.05, 0.1) is 0 Å². The molecule has 1 aromatic heterocycles. The fourth-order valence-corrected chi connectivity index (χ4v) is 2.81. The smallest absolute Gasteiger partial charge is 0.268 e. The molecule has 0 aliphatic rings. The van der Waals surface area contributed by atoms with Gasteiger partial charge in [0.15, 0.2) is 5.43 Å². The topological polar surface area (TPSA) is 62.0 Å². The van der Waals surface area contributed by atoms with Crippen molar-refractivity contribution < 1.29 is 4.79 Å². The number of amides is 1. The lowest BCUT2D eigenvalue weighted by Gasteiger charge is -2.09. The molecule has 4 nitrogen and oxygen atoms in total. The molecule has 2 N–H and O–H groups in total. The SMILES string of the molecule is Cc1c(C(=O)NCCc2ccccc2)[nH]c2ccc(Cl)cc2c1=O. The van der Waals surface area contributed by atoms with Crippen LogP contribution in [-0.2, 0) is 6.42 Å². The van der Waals surface area contributed by atoms with Gasteiger partial charge in [0, 0.05) is 28.0 Å². The van der Waals surface area contributed by atoms with E-state index < -0.39 is 0 Å². The maximum absolute atomic E-state index is 12.4. The fourth-order valence-electron chi connectivity index (χ4n) is 2.64. The summed E-state index contributed by atoms with van der Waals surface area (Å²) in [5.41, 5.74) is 2.25. The van der Waals surface area contributed by atoms with Crippen molar-refractivity contribution >= 4 is 28.4 Å². The molecule has 2 aromatic carbocycles. The van der Waals surface area contributed by atoms with Gasteiger partial charge in [-0.05, 0) is 37.1 Å². The van der Waals surface area contributed by atoms with Crippen LogP contribution >= 0.6 is 11.6 Å². The van der Waals surface area contributed by atoms with Gasteiger partial charge in [-0.15, -0.1) is 0 Å². The molecule has 1 amide bonds. The average molecular weight is 341 g/mol. The van der Waals surface area contributed by atoms with Crippen LogP contribution in [0.5, 0.6) is 0 Å². The van der Waals surface area contributed by atoms with Crippen molar-refractivity contribution in [2.24, 2.45) is 0 Å². The quantitative estimate of drug-likeness (QED) is 0.764. The molecule has 0 fully saturated rings. The zero-order valence-corrected chi connectivity index (χ0v) is 14.0. The standard InChI is InChI=1S/C19H17ClN2O2/c1-12-17(19(24)21-10-9-13-5-3-2-4-6-13)22-16-8-7-14(20)11-15(16)18(12)23/h2-8,11H,9-10H2,1H3,(H,21,24)(H,22,23). The Hall–Kier alpha value is -2.59. The molecule has 0 spiro atoms. The highest BCUT2D eigenvalue weighted by Gasteiger charge is 2.14. The van der Waals surface area contributed by atoms with Gasteiger partial charge in [-0.1, -0.05) is 41.9 Å². The van der Waals surface area contributed by atoms with Gasteiger partial charge in [0.2, 0.25) is 0 Å². The number of carbonyl (C=O) groups is 1. The predicted molar refractivity (Wildman–Crippen MR) is 96.8 cm³/mol. The van der Waals surface area contributed by atoms with E-state index in [1.807, 2.05) is 30.3 Å². The molecule has 3 rings (SSSR count). The Balaban J connectivity index is 1.81. The molecule has 0 aliphatic heterocycles. The summed E-state index contributed by atoms with van der Waals surface area (Å²) < 4.78 is 0. The van der Waals surface area contributed by atoms with Crippen LogP contribution in [0.1, 0.15) is 21.6 Å². The van der Waals surface area contributed by atoms with E-state index >= 15 is 0 Å². The summed E-state index contributed by atoms with van der Waals surface area (Å²) in [7, 11) is 0. The summed E-state index contributed by atoms with van der Waals surface area (Å²) in [6.07, 6.45) is 0.735. The van der Waals surface area contributed by atoms with Crippen LogP contribution in [0, 0.1) is 6.92 Å². The first-order chi connectivity index (χ1) is 11.6. The normalized spacial score (nSPS) is 10.8. The number of fused-ring (bicyclic) bond motifs is 1. The Morgan fingerprint density at radius 1 is 1.17 bits per heavy atom. The van der Waals surface area contributed by atoms with Crippen LogP contribution in [0.3, 0.4) is 0 Å². The van der Waals surface area contributed by atoms with Gasteiger partial charge < -0.3 is 10.3 Å². The van der Waals surface area contributed by atoms with Crippen molar-refractivity contribution in [1.29, 1.82) is 0 Å². The first-order valence-corrected chi connectivity index (χ1v) is 8.08. The number of benzene rings is 2. The summed E-state index contributed by atoms with van der Waals surface area (Å²) in [4.78, 5) is 27.9. The largest absolute Gasteiger partial charge is 0.350 e. The number of nitrogens with one attached hydrogen (secondary N) is 2. The van der Waals surface area contributed by atoms with Gasteiger partial charge in [0.1, 0.15) is 5.69 Å². The molecule has 0 bridgehead atoms. The van der Waals surface area contributed by atoms with Crippen LogP contribution in [0.4, 0.5) is 0 Å². The number of halogens is 1. The van der Waals surface area contributed by atoms with Crippen LogP contribution in [0.25, 0.3) is 10.9 Å². The summed E-state index contributed by atoms with van der Waals surface area (Å²) in [5.74, 6) is -0.280. The van der Waals surface area contributed by atoms with Crippen molar-refractivity contribution in [2.45, 2.75) is 13.3 Å². The minimum atomic E-state index is -0.280. The van der Waals surface area contributed by atoms with E-state index in [0.29, 0.717) is 33.7 Å². The average Bonchev–Trinajstić information content (AvgIpc) is 2.59. The maximum atomic E-state index is 12.4. The van der Waals surface area contributed by atoms with Gasteiger partial charge >= 0.3 is 0 Å². The van der Waals surface area contributed by atoms with Crippen LogP contribution in [0.2, 0.25) is 5.02 Å². The van der Waals surface area contributed by atoms with E-state index in [1.165, 1.54) is 0 Å². The van der Waals surface area contributed by atoms with Crippen molar-refractivity contribution in [3.8, 4) is 0 Å². The second-order valence-corrected chi connectivity index (χ2v) is 6.07. The Labute approximate surface area is 144 Å². The number of carbonyl (C=O) groups excluding carboxylic acids is 1. The number of aromatic amines is 1. The van der Waals surface area contributed by atoms with Crippen molar-refractivity contribution in [2.75, 3.05) is 6.54 Å².